The lowest BCUT2D eigenvalue weighted by Crippen LogP contribution is -2.36. The van der Waals surface area contributed by atoms with E-state index in [4.69, 9.17) is 0 Å². The molecule has 0 fully saturated rings. The zero-order chi connectivity index (χ0) is 17.1. The van der Waals surface area contributed by atoms with Gasteiger partial charge in [0, 0.05) is 26.6 Å². The Kier molecular flexibility index (Phi) is 8.42. The van der Waals surface area contributed by atoms with E-state index in [0.717, 1.165) is 5.56 Å². The topological polar surface area (TPSA) is 75.7 Å². The molecule has 0 heterocycles. The Labute approximate surface area is 136 Å². The molecule has 126 valence electrons. The van der Waals surface area contributed by atoms with Gasteiger partial charge in [0.05, 0.1) is 20.0 Å². The Balaban J connectivity index is 2.55. The number of ether oxygens (including phenoxy) is 1. The molecule has 0 aliphatic carbocycles. The average molecular weight is 320 g/mol. The highest BCUT2D eigenvalue weighted by atomic mass is 16.5. The number of benzene rings is 1. The second kappa shape index (κ2) is 10.4. The first-order valence-electron chi connectivity index (χ1n) is 7.66. The van der Waals surface area contributed by atoms with Gasteiger partial charge in [-0.3, -0.25) is 14.4 Å². The molecule has 0 aliphatic rings. The normalized spacial score (nSPS) is 10.0. The summed E-state index contributed by atoms with van der Waals surface area (Å²) in [7, 11) is 1.33. The van der Waals surface area contributed by atoms with E-state index < -0.39 is 0 Å². The van der Waals surface area contributed by atoms with Crippen molar-refractivity contribution in [2.75, 3.05) is 26.7 Å². The van der Waals surface area contributed by atoms with Crippen LogP contribution in [0.15, 0.2) is 30.3 Å². The Bertz CT molecular complexity index is 517. The predicted molar refractivity (Wildman–Crippen MR) is 86.7 cm³/mol. The molecule has 0 bridgehead atoms. The third kappa shape index (κ3) is 7.99. The number of hydrogen-bond donors (Lipinski definition) is 1. The average Bonchev–Trinajstić information content (AvgIpc) is 2.54. The highest BCUT2D eigenvalue weighted by Gasteiger charge is 2.15. The van der Waals surface area contributed by atoms with Crippen LogP contribution in [0.5, 0.6) is 0 Å². The molecule has 1 aromatic carbocycles. The second-order valence-corrected chi connectivity index (χ2v) is 5.21. The largest absolute Gasteiger partial charge is 0.469 e. The number of carbonyl (C=O) groups is 3. The summed E-state index contributed by atoms with van der Waals surface area (Å²) in [4.78, 5) is 36.2. The SMILES string of the molecule is COC(=O)CCN(CCCNC(C)=O)C(=O)Cc1ccccc1. The van der Waals surface area contributed by atoms with Crippen molar-refractivity contribution >= 4 is 17.8 Å². The van der Waals surface area contributed by atoms with Crippen molar-refractivity contribution in [2.24, 2.45) is 0 Å². The number of nitrogens with zero attached hydrogens (tertiary/aromatic N) is 1. The molecule has 1 aromatic rings. The maximum Gasteiger partial charge on any atom is 0.307 e. The molecule has 0 atom stereocenters. The van der Waals surface area contributed by atoms with E-state index in [1.807, 2.05) is 30.3 Å². The molecule has 0 radical (unpaired) electrons. The molecule has 23 heavy (non-hydrogen) atoms. The van der Waals surface area contributed by atoms with E-state index in [9.17, 15) is 14.4 Å². The van der Waals surface area contributed by atoms with Crippen LogP contribution in [0.1, 0.15) is 25.3 Å². The number of methoxy groups -OCH3 is 1. The molecular weight excluding hydrogens is 296 g/mol. The van der Waals surface area contributed by atoms with Crippen LogP contribution in [0, 0.1) is 0 Å². The molecule has 0 spiro atoms. The summed E-state index contributed by atoms with van der Waals surface area (Å²) in [5.74, 6) is -0.478. The zero-order valence-corrected chi connectivity index (χ0v) is 13.7. The summed E-state index contributed by atoms with van der Waals surface area (Å²) in [5.41, 5.74) is 0.933. The van der Waals surface area contributed by atoms with Crippen LogP contribution in [0.4, 0.5) is 0 Å². The molecule has 6 nitrogen and oxygen atoms in total. The monoisotopic (exact) mass is 320 g/mol. The standard InChI is InChI=1S/C17H24N2O4/c1-14(20)18-10-6-11-19(12-9-17(22)23-2)16(21)13-15-7-4-3-5-8-15/h3-5,7-8H,6,9-13H2,1-2H3,(H,18,20). The lowest BCUT2D eigenvalue weighted by molar-refractivity contribution is -0.141. The number of carbonyl (C=O) groups excluding carboxylic acids is 3. The maximum atomic E-state index is 12.4. The van der Waals surface area contributed by atoms with Crippen molar-refractivity contribution in [2.45, 2.75) is 26.2 Å². The first-order valence-corrected chi connectivity index (χ1v) is 7.66. The van der Waals surface area contributed by atoms with E-state index in [-0.39, 0.29) is 24.2 Å². The van der Waals surface area contributed by atoms with Gasteiger partial charge in [0.15, 0.2) is 0 Å². The molecule has 6 heteroatoms. The van der Waals surface area contributed by atoms with Crippen molar-refractivity contribution in [3.63, 3.8) is 0 Å². The molecule has 0 unspecified atom stereocenters. The van der Waals surface area contributed by atoms with Gasteiger partial charge in [-0.2, -0.15) is 0 Å². The summed E-state index contributed by atoms with van der Waals surface area (Å²) < 4.78 is 4.62. The minimum absolute atomic E-state index is 0.0390. The first-order chi connectivity index (χ1) is 11.0. The van der Waals surface area contributed by atoms with Crippen LogP contribution in [-0.4, -0.2) is 49.4 Å². The number of amides is 2. The van der Waals surface area contributed by atoms with Crippen molar-refractivity contribution < 1.29 is 19.1 Å². The molecule has 1 N–H and O–H groups in total. The fraction of sp³-hybridized carbons (Fsp3) is 0.471. The van der Waals surface area contributed by atoms with Gasteiger partial charge in [0.25, 0.3) is 0 Å². The summed E-state index contributed by atoms with van der Waals surface area (Å²) in [5, 5.41) is 2.70. The molecule has 0 saturated heterocycles. The van der Waals surface area contributed by atoms with Gasteiger partial charge in [-0.25, -0.2) is 0 Å². The Hall–Kier alpha value is -2.37. The summed E-state index contributed by atoms with van der Waals surface area (Å²) in [6.07, 6.45) is 1.10. The fourth-order valence-electron chi connectivity index (χ4n) is 2.11. The fourth-order valence-corrected chi connectivity index (χ4v) is 2.11. The number of hydrogen-bond acceptors (Lipinski definition) is 4. The minimum Gasteiger partial charge on any atom is -0.469 e. The number of esters is 1. The van der Waals surface area contributed by atoms with Crippen molar-refractivity contribution in [3.05, 3.63) is 35.9 Å². The summed E-state index contributed by atoms with van der Waals surface area (Å²) in [6, 6.07) is 9.47. The molecule has 0 aromatic heterocycles. The van der Waals surface area contributed by atoms with Crippen LogP contribution >= 0.6 is 0 Å². The third-order valence-corrected chi connectivity index (χ3v) is 3.34. The lowest BCUT2D eigenvalue weighted by Gasteiger charge is -2.22. The van der Waals surface area contributed by atoms with E-state index >= 15 is 0 Å². The molecule has 0 aliphatic heterocycles. The predicted octanol–water partition coefficient (Wildman–Crippen LogP) is 1.15. The van der Waals surface area contributed by atoms with Crippen molar-refractivity contribution in [1.29, 1.82) is 0 Å². The van der Waals surface area contributed by atoms with Crippen LogP contribution < -0.4 is 5.32 Å². The Morgan fingerprint density at radius 3 is 2.43 bits per heavy atom. The minimum atomic E-state index is -0.343. The number of nitrogens with one attached hydrogen (secondary N) is 1. The molecule has 1 rings (SSSR count). The maximum absolute atomic E-state index is 12.4. The summed E-state index contributed by atoms with van der Waals surface area (Å²) in [6.45, 7) is 2.76. The van der Waals surface area contributed by atoms with Gasteiger partial charge >= 0.3 is 5.97 Å². The Morgan fingerprint density at radius 1 is 1.13 bits per heavy atom. The van der Waals surface area contributed by atoms with Gasteiger partial charge in [-0.15, -0.1) is 0 Å². The van der Waals surface area contributed by atoms with Crippen LogP contribution in [0.25, 0.3) is 0 Å². The van der Waals surface area contributed by atoms with E-state index in [1.165, 1.54) is 14.0 Å². The van der Waals surface area contributed by atoms with E-state index in [2.05, 4.69) is 10.1 Å². The molecular formula is C17H24N2O4. The highest BCUT2D eigenvalue weighted by molar-refractivity contribution is 5.79. The van der Waals surface area contributed by atoms with Gasteiger partial charge in [-0.05, 0) is 12.0 Å². The quantitative estimate of drug-likeness (QED) is 0.547. The van der Waals surface area contributed by atoms with Crippen molar-refractivity contribution in [3.8, 4) is 0 Å². The molecule has 2 amide bonds. The summed E-state index contributed by atoms with van der Waals surface area (Å²) >= 11 is 0. The number of rotatable bonds is 9. The molecule has 0 saturated carbocycles. The van der Waals surface area contributed by atoms with E-state index in [0.29, 0.717) is 32.5 Å². The van der Waals surface area contributed by atoms with Crippen molar-refractivity contribution in [1.82, 2.24) is 10.2 Å². The third-order valence-electron chi connectivity index (χ3n) is 3.34. The van der Waals surface area contributed by atoms with Crippen LogP contribution in [0.3, 0.4) is 0 Å². The Morgan fingerprint density at radius 2 is 1.83 bits per heavy atom. The zero-order valence-electron chi connectivity index (χ0n) is 13.7. The van der Waals surface area contributed by atoms with Gasteiger partial charge in [0.2, 0.25) is 11.8 Å². The lowest BCUT2D eigenvalue weighted by atomic mass is 10.1. The van der Waals surface area contributed by atoms with Gasteiger partial charge < -0.3 is 15.0 Å². The second-order valence-electron chi connectivity index (χ2n) is 5.21. The van der Waals surface area contributed by atoms with Crippen LogP contribution in [0.2, 0.25) is 0 Å². The smallest absolute Gasteiger partial charge is 0.307 e. The van der Waals surface area contributed by atoms with Gasteiger partial charge in [0.1, 0.15) is 0 Å². The van der Waals surface area contributed by atoms with E-state index in [1.54, 1.807) is 4.90 Å². The first kappa shape index (κ1) is 18.7. The van der Waals surface area contributed by atoms with Gasteiger partial charge in [-0.1, -0.05) is 30.3 Å². The highest BCUT2D eigenvalue weighted by Crippen LogP contribution is 2.05. The van der Waals surface area contributed by atoms with Crippen LogP contribution in [-0.2, 0) is 25.5 Å².